The second kappa shape index (κ2) is 5.78. The molecular weight excluding hydrogens is 232 g/mol. The first-order valence-electron chi connectivity index (χ1n) is 5.85. The van der Waals surface area contributed by atoms with Crippen molar-refractivity contribution in [2.24, 2.45) is 4.99 Å². The SMILES string of the molecule is CCCCN=Cc1ccc2nccc(Cl)c2c1. The average molecular weight is 247 g/mol. The molecule has 0 saturated heterocycles. The molecule has 0 amide bonds. The third kappa shape index (κ3) is 3.04. The highest BCUT2D eigenvalue weighted by atomic mass is 35.5. The monoisotopic (exact) mass is 246 g/mol. The molecule has 0 aliphatic carbocycles. The van der Waals surface area contributed by atoms with Crippen LogP contribution in [-0.4, -0.2) is 17.7 Å². The molecule has 0 N–H and O–H groups in total. The number of unbranched alkanes of at least 4 members (excludes halogenated alkanes) is 1. The van der Waals surface area contributed by atoms with Crippen LogP contribution in [-0.2, 0) is 0 Å². The Kier molecular flexibility index (Phi) is 4.10. The molecule has 0 saturated carbocycles. The first-order chi connectivity index (χ1) is 8.31. The van der Waals surface area contributed by atoms with Gasteiger partial charge in [-0.25, -0.2) is 0 Å². The summed E-state index contributed by atoms with van der Waals surface area (Å²) in [4.78, 5) is 8.64. The Bertz CT molecular complexity index is 535. The van der Waals surface area contributed by atoms with Gasteiger partial charge in [-0.05, 0) is 30.2 Å². The number of nitrogens with zero attached hydrogens (tertiary/aromatic N) is 2. The fourth-order valence-electron chi connectivity index (χ4n) is 1.63. The Morgan fingerprint density at radius 3 is 3.06 bits per heavy atom. The molecule has 0 unspecified atom stereocenters. The summed E-state index contributed by atoms with van der Waals surface area (Å²) in [5.41, 5.74) is 1.99. The molecule has 88 valence electrons. The maximum atomic E-state index is 6.13. The lowest BCUT2D eigenvalue weighted by Crippen LogP contribution is -1.86. The molecule has 0 spiro atoms. The molecule has 0 atom stereocenters. The van der Waals surface area contributed by atoms with E-state index in [1.54, 1.807) is 6.20 Å². The normalized spacial score (nSPS) is 11.4. The molecule has 1 aromatic heterocycles. The van der Waals surface area contributed by atoms with E-state index in [1.807, 2.05) is 30.5 Å². The second-order valence-corrected chi connectivity index (χ2v) is 4.37. The highest BCUT2D eigenvalue weighted by Crippen LogP contribution is 2.21. The number of benzene rings is 1. The van der Waals surface area contributed by atoms with Gasteiger partial charge in [0.1, 0.15) is 0 Å². The Balaban J connectivity index is 2.25. The van der Waals surface area contributed by atoms with Crippen LogP contribution in [0, 0.1) is 0 Å². The minimum absolute atomic E-state index is 0.735. The minimum atomic E-state index is 0.735. The zero-order chi connectivity index (χ0) is 12.1. The summed E-state index contributed by atoms with van der Waals surface area (Å²) in [6.07, 6.45) is 5.93. The third-order valence-corrected chi connectivity index (χ3v) is 2.92. The van der Waals surface area contributed by atoms with Crippen LogP contribution in [0.1, 0.15) is 25.3 Å². The summed E-state index contributed by atoms with van der Waals surface area (Å²) in [7, 11) is 0. The molecule has 0 aliphatic heterocycles. The quantitative estimate of drug-likeness (QED) is 0.589. The van der Waals surface area contributed by atoms with Crippen LogP contribution in [0.5, 0.6) is 0 Å². The number of halogens is 1. The Labute approximate surface area is 106 Å². The molecule has 1 heterocycles. The predicted octanol–water partition coefficient (Wildman–Crippen LogP) is 4.11. The molecule has 2 rings (SSSR count). The lowest BCUT2D eigenvalue weighted by atomic mass is 10.1. The molecular formula is C14H15ClN2. The van der Waals surface area contributed by atoms with Gasteiger partial charge in [0.2, 0.25) is 0 Å². The Hall–Kier alpha value is -1.41. The van der Waals surface area contributed by atoms with Gasteiger partial charge in [-0.1, -0.05) is 31.0 Å². The maximum absolute atomic E-state index is 6.13. The fourth-order valence-corrected chi connectivity index (χ4v) is 1.84. The van der Waals surface area contributed by atoms with Gasteiger partial charge >= 0.3 is 0 Å². The first-order valence-corrected chi connectivity index (χ1v) is 6.23. The number of aliphatic imine (C=N–C) groups is 1. The van der Waals surface area contributed by atoms with Crippen LogP contribution in [0.2, 0.25) is 5.02 Å². The van der Waals surface area contributed by atoms with E-state index in [-0.39, 0.29) is 0 Å². The van der Waals surface area contributed by atoms with E-state index in [0.29, 0.717) is 0 Å². The number of hydrogen-bond donors (Lipinski definition) is 0. The summed E-state index contributed by atoms with van der Waals surface area (Å²) in [5.74, 6) is 0. The van der Waals surface area contributed by atoms with Crippen molar-refractivity contribution in [2.45, 2.75) is 19.8 Å². The van der Waals surface area contributed by atoms with Gasteiger partial charge in [0.25, 0.3) is 0 Å². The van der Waals surface area contributed by atoms with Crippen molar-refractivity contribution in [3.63, 3.8) is 0 Å². The predicted molar refractivity (Wildman–Crippen MR) is 74.1 cm³/mol. The smallest absolute Gasteiger partial charge is 0.0717 e. The van der Waals surface area contributed by atoms with Crippen LogP contribution in [0.4, 0.5) is 0 Å². The van der Waals surface area contributed by atoms with Gasteiger partial charge in [-0.3, -0.25) is 9.98 Å². The van der Waals surface area contributed by atoms with E-state index in [2.05, 4.69) is 16.9 Å². The van der Waals surface area contributed by atoms with Crippen LogP contribution < -0.4 is 0 Å². The number of hydrogen-bond acceptors (Lipinski definition) is 2. The van der Waals surface area contributed by atoms with Crippen molar-refractivity contribution in [2.75, 3.05) is 6.54 Å². The van der Waals surface area contributed by atoms with Crippen molar-refractivity contribution in [1.82, 2.24) is 4.98 Å². The fraction of sp³-hybridized carbons (Fsp3) is 0.286. The summed E-state index contributed by atoms with van der Waals surface area (Å²) < 4.78 is 0. The van der Waals surface area contributed by atoms with E-state index in [9.17, 15) is 0 Å². The Morgan fingerprint density at radius 2 is 2.24 bits per heavy atom. The molecule has 0 aliphatic rings. The summed E-state index contributed by atoms with van der Waals surface area (Å²) >= 11 is 6.13. The van der Waals surface area contributed by atoms with Crippen molar-refractivity contribution >= 4 is 28.7 Å². The standard InChI is InChI=1S/C14H15ClN2/c1-2-3-7-16-10-11-4-5-14-12(9-11)13(15)6-8-17-14/h4-6,8-10H,2-3,7H2,1H3. The van der Waals surface area contributed by atoms with Gasteiger partial charge in [0.15, 0.2) is 0 Å². The molecule has 0 fully saturated rings. The van der Waals surface area contributed by atoms with E-state index < -0.39 is 0 Å². The lowest BCUT2D eigenvalue weighted by Gasteiger charge is -2.00. The topological polar surface area (TPSA) is 25.2 Å². The van der Waals surface area contributed by atoms with Gasteiger partial charge in [0.05, 0.1) is 10.5 Å². The van der Waals surface area contributed by atoms with Gasteiger partial charge in [-0.15, -0.1) is 0 Å². The van der Waals surface area contributed by atoms with Gasteiger partial charge in [-0.2, -0.15) is 0 Å². The van der Waals surface area contributed by atoms with Gasteiger partial charge in [0, 0.05) is 24.3 Å². The molecule has 1 aromatic carbocycles. The van der Waals surface area contributed by atoms with E-state index in [1.165, 1.54) is 6.42 Å². The zero-order valence-electron chi connectivity index (χ0n) is 9.86. The second-order valence-electron chi connectivity index (χ2n) is 3.96. The van der Waals surface area contributed by atoms with E-state index >= 15 is 0 Å². The molecule has 0 bridgehead atoms. The molecule has 2 nitrogen and oxygen atoms in total. The van der Waals surface area contributed by atoms with Crippen LogP contribution in [0.15, 0.2) is 35.5 Å². The largest absolute Gasteiger partial charge is 0.293 e. The van der Waals surface area contributed by atoms with E-state index in [0.717, 1.165) is 34.5 Å². The van der Waals surface area contributed by atoms with Crippen LogP contribution in [0.25, 0.3) is 10.9 Å². The van der Waals surface area contributed by atoms with E-state index in [4.69, 9.17) is 11.6 Å². The van der Waals surface area contributed by atoms with Crippen molar-refractivity contribution in [3.8, 4) is 0 Å². The maximum Gasteiger partial charge on any atom is 0.0717 e. The third-order valence-electron chi connectivity index (χ3n) is 2.59. The minimum Gasteiger partial charge on any atom is -0.293 e. The molecule has 0 radical (unpaired) electrons. The average Bonchev–Trinajstić information content (AvgIpc) is 2.36. The van der Waals surface area contributed by atoms with Gasteiger partial charge < -0.3 is 0 Å². The van der Waals surface area contributed by atoms with Crippen LogP contribution in [0.3, 0.4) is 0 Å². The molecule has 2 aromatic rings. The lowest BCUT2D eigenvalue weighted by molar-refractivity contribution is 0.810. The number of rotatable bonds is 4. The number of fused-ring (bicyclic) bond motifs is 1. The van der Waals surface area contributed by atoms with Crippen molar-refractivity contribution < 1.29 is 0 Å². The summed E-state index contributed by atoms with van der Waals surface area (Å²) in [5, 5.41) is 1.72. The molecule has 3 heteroatoms. The highest BCUT2D eigenvalue weighted by Gasteiger charge is 1.99. The summed E-state index contributed by atoms with van der Waals surface area (Å²) in [6.45, 7) is 3.05. The number of aromatic nitrogens is 1. The summed E-state index contributed by atoms with van der Waals surface area (Å²) in [6, 6.07) is 7.82. The van der Waals surface area contributed by atoms with Crippen LogP contribution >= 0.6 is 11.6 Å². The number of pyridine rings is 1. The highest BCUT2D eigenvalue weighted by molar-refractivity contribution is 6.35. The Morgan fingerprint density at radius 1 is 1.35 bits per heavy atom. The van der Waals surface area contributed by atoms with Crippen molar-refractivity contribution in [3.05, 3.63) is 41.0 Å². The van der Waals surface area contributed by atoms with Crippen molar-refractivity contribution in [1.29, 1.82) is 0 Å². The molecule has 17 heavy (non-hydrogen) atoms. The zero-order valence-corrected chi connectivity index (χ0v) is 10.6. The first kappa shape index (κ1) is 12.1.